The minimum Gasteiger partial charge on any atom is -0.307 e. The van der Waals surface area contributed by atoms with Crippen LogP contribution in [0.1, 0.15) is 51.2 Å². The van der Waals surface area contributed by atoms with Crippen LogP contribution in [0.3, 0.4) is 0 Å². The molecule has 0 aliphatic heterocycles. The summed E-state index contributed by atoms with van der Waals surface area (Å²) in [6.07, 6.45) is 2.73. The van der Waals surface area contributed by atoms with Gasteiger partial charge in [0.05, 0.1) is 5.41 Å². The lowest BCUT2D eigenvalue weighted by Gasteiger charge is -2.39. The fourth-order valence-corrected chi connectivity index (χ4v) is 3.84. The molecule has 0 N–H and O–H groups in total. The number of hydrogen-bond donors (Lipinski definition) is 0. The first kappa shape index (κ1) is 20.4. The molecule has 2 rings (SSSR count). The van der Waals surface area contributed by atoms with Crippen molar-refractivity contribution in [2.45, 2.75) is 51.5 Å². The van der Waals surface area contributed by atoms with Gasteiger partial charge in [0.2, 0.25) is 0 Å². The number of nitrogens with zero attached hydrogens (tertiary/aromatic N) is 1. The zero-order valence-electron chi connectivity index (χ0n) is 16.9. The second-order valence-electron chi connectivity index (χ2n) is 7.71. The molecular formula is C24H33NO. The van der Waals surface area contributed by atoms with Crippen LogP contribution in [-0.4, -0.2) is 30.8 Å². The van der Waals surface area contributed by atoms with Crippen molar-refractivity contribution in [1.29, 1.82) is 0 Å². The third-order valence-corrected chi connectivity index (χ3v) is 5.61. The molecule has 0 saturated heterocycles. The number of Topliss-reactive ketones (excluding diaryl/α,β-unsaturated/α-hetero) is 1. The van der Waals surface area contributed by atoms with Crippen molar-refractivity contribution in [2.24, 2.45) is 5.92 Å². The molecular weight excluding hydrogens is 318 g/mol. The van der Waals surface area contributed by atoms with Gasteiger partial charge in [-0.05, 0) is 45.0 Å². The first-order valence-corrected chi connectivity index (χ1v) is 9.75. The van der Waals surface area contributed by atoms with Crippen LogP contribution in [0, 0.1) is 5.92 Å². The summed E-state index contributed by atoms with van der Waals surface area (Å²) in [6, 6.07) is 21.0. The second kappa shape index (κ2) is 9.14. The molecule has 2 atom stereocenters. The van der Waals surface area contributed by atoms with Gasteiger partial charge in [-0.3, -0.25) is 4.79 Å². The summed E-state index contributed by atoms with van der Waals surface area (Å²) in [6.45, 7) is 6.45. The van der Waals surface area contributed by atoms with E-state index in [0.29, 0.717) is 5.78 Å². The van der Waals surface area contributed by atoms with E-state index < -0.39 is 5.41 Å². The number of rotatable bonds is 9. The van der Waals surface area contributed by atoms with Gasteiger partial charge in [0.1, 0.15) is 0 Å². The predicted molar refractivity (Wildman–Crippen MR) is 111 cm³/mol. The van der Waals surface area contributed by atoms with E-state index in [0.717, 1.165) is 30.4 Å². The summed E-state index contributed by atoms with van der Waals surface area (Å²) in [5.41, 5.74) is 1.60. The normalized spacial score (nSPS) is 14.2. The highest BCUT2D eigenvalue weighted by Crippen LogP contribution is 2.41. The smallest absolute Gasteiger partial charge is 0.150 e. The lowest BCUT2D eigenvalue weighted by atomic mass is 9.64. The Bertz CT molecular complexity index is 638. The van der Waals surface area contributed by atoms with Crippen molar-refractivity contribution in [3.63, 3.8) is 0 Å². The van der Waals surface area contributed by atoms with Crippen molar-refractivity contribution in [2.75, 3.05) is 14.1 Å². The summed E-state index contributed by atoms with van der Waals surface area (Å²) < 4.78 is 0. The van der Waals surface area contributed by atoms with Crippen LogP contribution in [0.15, 0.2) is 60.7 Å². The third-order valence-electron chi connectivity index (χ3n) is 5.61. The number of carbonyl (C=O) groups is 1. The quantitative estimate of drug-likeness (QED) is 0.609. The molecule has 0 unspecified atom stereocenters. The van der Waals surface area contributed by atoms with Crippen LogP contribution >= 0.6 is 0 Å². The number of hydrogen-bond acceptors (Lipinski definition) is 2. The van der Waals surface area contributed by atoms with Crippen LogP contribution in [0.4, 0.5) is 0 Å². The number of carbonyl (C=O) groups excluding carboxylic acids is 1. The zero-order valence-corrected chi connectivity index (χ0v) is 16.9. The Balaban J connectivity index is 2.68. The van der Waals surface area contributed by atoms with Gasteiger partial charge >= 0.3 is 0 Å². The van der Waals surface area contributed by atoms with E-state index in [9.17, 15) is 4.79 Å². The topological polar surface area (TPSA) is 20.3 Å². The molecule has 0 fully saturated rings. The average molecular weight is 352 g/mol. The Morgan fingerprint density at radius 2 is 1.38 bits per heavy atom. The van der Waals surface area contributed by atoms with Gasteiger partial charge in [-0.2, -0.15) is 0 Å². The molecule has 0 heterocycles. The molecule has 0 saturated carbocycles. The van der Waals surface area contributed by atoms with Crippen molar-refractivity contribution in [1.82, 2.24) is 4.90 Å². The lowest BCUT2D eigenvalue weighted by molar-refractivity contribution is -0.127. The Labute approximate surface area is 159 Å². The SMILES string of the molecule is CCC[C@@H](C)C(=O)C(C[C@H](C)N(C)C)(c1ccccc1)c1ccccc1. The molecule has 2 nitrogen and oxygen atoms in total. The van der Waals surface area contributed by atoms with Crippen LogP contribution in [0.25, 0.3) is 0 Å². The number of ketones is 1. The highest BCUT2D eigenvalue weighted by Gasteiger charge is 2.44. The summed E-state index contributed by atoms with van der Waals surface area (Å²) in [7, 11) is 4.18. The first-order chi connectivity index (χ1) is 12.4. The van der Waals surface area contributed by atoms with E-state index in [4.69, 9.17) is 0 Å². The summed E-state index contributed by atoms with van der Waals surface area (Å²) in [5.74, 6) is 0.375. The van der Waals surface area contributed by atoms with Gasteiger partial charge in [0.15, 0.2) is 5.78 Å². The van der Waals surface area contributed by atoms with E-state index in [1.54, 1.807) is 0 Å². The molecule has 2 aromatic rings. The van der Waals surface area contributed by atoms with Crippen molar-refractivity contribution in [3.8, 4) is 0 Å². The fraction of sp³-hybridized carbons (Fsp3) is 0.458. The van der Waals surface area contributed by atoms with Crippen LogP contribution in [-0.2, 0) is 10.2 Å². The van der Waals surface area contributed by atoms with Gasteiger partial charge in [0.25, 0.3) is 0 Å². The minimum absolute atomic E-state index is 0.0368. The Hall–Kier alpha value is -1.93. The third kappa shape index (κ3) is 4.24. The summed E-state index contributed by atoms with van der Waals surface area (Å²) >= 11 is 0. The Morgan fingerprint density at radius 1 is 0.923 bits per heavy atom. The van der Waals surface area contributed by atoms with E-state index in [1.807, 2.05) is 36.4 Å². The summed E-state index contributed by atoms with van der Waals surface area (Å²) in [4.78, 5) is 16.1. The molecule has 0 spiro atoms. The van der Waals surface area contributed by atoms with Crippen LogP contribution in [0.5, 0.6) is 0 Å². The first-order valence-electron chi connectivity index (χ1n) is 9.75. The molecule has 0 aromatic heterocycles. The maximum Gasteiger partial charge on any atom is 0.150 e. The van der Waals surface area contributed by atoms with E-state index in [-0.39, 0.29) is 12.0 Å². The van der Waals surface area contributed by atoms with Crippen LogP contribution in [0.2, 0.25) is 0 Å². The van der Waals surface area contributed by atoms with Gasteiger partial charge in [-0.25, -0.2) is 0 Å². The van der Waals surface area contributed by atoms with Crippen molar-refractivity contribution < 1.29 is 4.79 Å². The molecule has 0 radical (unpaired) electrons. The molecule has 0 bridgehead atoms. The molecule has 2 heteroatoms. The Morgan fingerprint density at radius 3 is 1.77 bits per heavy atom. The number of benzene rings is 2. The Kier molecular flexibility index (Phi) is 7.16. The summed E-state index contributed by atoms with van der Waals surface area (Å²) in [5, 5.41) is 0. The highest BCUT2D eigenvalue weighted by molar-refractivity contribution is 5.95. The molecule has 0 aliphatic carbocycles. The average Bonchev–Trinajstić information content (AvgIpc) is 2.67. The zero-order chi connectivity index (χ0) is 19.2. The molecule has 2 aromatic carbocycles. The second-order valence-corrected chi connectivity index (χ2v) is 7.71. The van der Waals surface area contributed by atoms with Gasteiger partial charge in [0, 0.05) is 12.0 Å². The van der Waals surface area contributed by atoms with Gasteiger partial charge in [-0.1, -0.05) is 80.9 Å². The van der Waals surface area contributed by atoms with Crippen LogP contribution < -0.4 is 0 Å². The molecule has 26 heavy (non-hydrogen) atoms. The fourth-order valence-electron chi connectivity index (χ4n) is 3.84. The van der Waals surface area contributed by atoms with Crippen molar-refractivity contribution >= 4 is 5.78 Å². The highest BCUT2D eigenvalue weighted by atomic mass is 16.1. The maximum atomic E-state index is 13.9. The standard InChI is InChI=1S/C24H33NO/c1-6-13-19(2)23(26)24(18-20(3)25(4)5,21-14-9-7-10-15-21)22-16-11-8-12-17-22/h7-12,14-17,19-20H,6,13,18H2,1-5H3/t19-,20+/m1/s1. The van der Waals surface area contributed by atoms with E-state index in [1.165, 1.54) is 0 Å². The lowest BCUT2D eigenvalue weighted by Crippen LogP contribution is -2.45. The maximum absolute atomic E-state index is 13.9. The monoisotopic (exact) mass is 351 g/mol. The largest absolute Gasteiger partial charge is 0.307 e. The predicted octanol–water partition coefficient (Wildman–Crippen LogP) is 5.32. The minimum atomic E-state index is -0.610. The molecule has 140 valence electrons. The molecule has 0 amide bonds. The van der Waals surface area contributed by atoms with Gasteiger partial charge in [-0.15, -0.1) is 0 Å². The van der Waals surface area contributed by atoms with E-state index in [2.05, 4.69) is 64.0 Å². The molecule has 0 aliphatic rings. The van der Waals surface area contributed by atoms with Gasteiger partial charge < -0.3 is 4.90 Å². The van der Waals surface area contributed by atoms with Crippen molar-refractivity contribution in [3.05, 3.63) is 71.8 Å². The van der Waals surface area contributed by atoms with E-state index >= 15 is 0 Å².